The van der Waals surface area contributed by atoms with Crippen LogP contribution in [0.15, 0.2) is 60.0 Å². The van der Waals surface area contributed by atoms with Crippen molar-refractivity contribution in [3.63, 3.8) is 0 Å². The molecule has 3 aromatic rings. The van der Waals surface area contributed by atoms with E-state index in [0.717, 1.165) is 11.1 Å². The predicted molar refractivity (Wildman–Crippen MR) is 135 cm³/mol. The van der Waals surface area contributed by atoms with Crippen LogP contribution in [0.2, 0.25) is 0 Å². The van der Waals surface area contributed by atoms with Crippen LogP contribution in [0.5, 0.6) is 0 Å². The number of benzene rings is 2. The summed E-state index contributed by atoms with van der Waals surface area (Å²) >= 11 is 1.29. The Morgan fingerprint density at radius 1 is 0.886 bits per heavy atom. The minimum atomic E-state index is -0.469. The van der Waals surface area contributed by atoms with Crippen molar-refractivity contribution in [2.45, 2.75) is 32.6 Å². The minimum absolute atomic E-state index is 0.197. The van der Waals surface area contributed by atoms with Crippen molar-refractivity contribution in [1.29, 1.82) is 0 Å². The highest BCUT2D eigenvalue weighted by atomic mass is 32.1. The second-order valence-electron chi connectivity index (χ2n) is 8.11. The highest BCUT2D eigenvalue weighted by Gasteiger charge is 2.34. The number of ether oxygens (including phenoxy) is 1. The summed E-state index contributed by atoms with van der Waals surface area (Å²) in [5, 5.41) is 5.18. The van der Waals surface area contributed by atoms with Crippen molar-refractivity contribution >= 4 is 40.0 Å². The van der Waals surface area contributed by atoms with Crippen LogP contribution in [0.25, 0.3) is 11.1 Å². The van der Waals surface area contributed by atoms with E-state index in [1.54, 1.807) is 31.2 Å². The molecule has 0 bridgehead atoms. The van der Waals surface area contributed by atoms with Gasteiger partial charge < -0.3 is 10.1 Å². The standard InChI is InChI=1S/C27H26N2O5S/c1-2-34-27(33)23-21(18-11-5-3-6-12-18)17-35-24(23)28-22(30)15-7-4-10-16-29-25(31)19-13-8-9-14-20(19)26(29)32/h3,5-6,8-9,11-14,17H,2,4,7,10,15-16H2,1H3,(H,28,30). The van der Waals surface area contributed by atoms with Crippen LogP contribution >= 0.6 is 11.3 Å². The normalized spacial score (nSPS) is 12.5. The van der Waals surface area contributed by atoms with Crippen molar-refractivity contribution in [2.24, 2.45) is 0 Å². The lowest BCUT2D eigenvalue weighted by atomic mass is 10.0. The zero-order valence-corrected chi connectivity index (χ0v) is 20.2. The molecule has 7 nitrogen and oxygen atoms in total. The van der Waals surface area contributed by atoms with Gasteiger partial charge in [0.05, 0.1) is 17.7 Å². The number of fused-ring (bicyclic) bond motifs is 1. The first-order valence-electron chi connectivity index (χ1n) is 11.6. The first-order valence-corrected chi connectivity index (χ1v) is 12.5. The molecule has 0 aliphatic carbocycles. The number of thiophene rings is 1. The predicted octanol–water partition coefficient (Wildman–Crippen LogP) is 5.39. The summed E-state index contributed by atoms with van der Waals surface area (Å²) in [5.41, 5.74) is 2.85. The third-order valence-corrected chi connectivity index (χ3v) is 6.67. The van der Waals surface area contributed by atoms with E-state index in [1.807, 2.05) is 35.7 Å². The van der Waals surface area contributed by atoms with Gasteiger partial charge in [-0.25, -0.2) is 4.79 Å². The van der Waals surface area contributed by atoms with Gasteiger partial charge in [0.15, 0.2) is 0 Å². The smallest absolute Gasteiger partial charge is 0.341 e. The monoisotopic (exact) mass is 490 g/mol. The number of imide groups is 1. The molecule has 0 fully saturated rings. The van der Waals surface area contributed by atoms with Crippen LogP contribution in [0.3, 0.4) is 0 Å². The third kappa shape index (κ3) is 5.33. The van der Waals surface area contributed by atoms with E-state index in [4.69, 9.17) is 4.74 Å². The first-order chi connectivity index (χ1) is 17.0. The Hall–Kier alpha value is -3.78. The molecular formula is C27H26N2O5S. The molecule has 35 heavy (non-hydrogen) atoms. The van der Waals surface area contributed by atoms with Gasteiger partial charge in [-0.1, -0.05) is 48.9 Å². The third-order valence-electron chi connectivity index (χ3n) is 5.77. The molecular weight excluding hydrogens is 464 g/mol. The van der Waals surface area contributed by atoms with Crippen molar-refractivity contribution in [1.82, 2.24) is 4.90 Å². The Morgan fingerprint density at radius 3 is 2.20 bits per heavy atom. The molecule has 0 radical (unpaired) electrons. The molecule has 2 heterocycles. The molecule has 4 rings (SSSR count). The number of carbonyl (C=O) groups is 4. The zero-order valence-electron chi connectivity index (χ0n) is 19.4. The summed E-state index contributed by atoms with van der Waals surface area (Å²) < 4.78 is 5.23. The quantitative estimate of drug-likeness (QED) is 0.234. The molecule has 1 aliphatic heterocycles. The van der Waals surface area contributed by atoms with Crippen LogP contribution in [-0.2, 0) is 9.53 Å². The number of carbonyl (C=O) groups excluding carboxylic acids is 4. The SMILES string of the molecule is CCOC(=O)c1c(-c2ccccc2)csc1NC(=O)CCCCCN1C(=O)c2ccccc2C1=O. The highest BCUT2D eigenvalue weighted by Crippen LogP contribution is 2.36. The lowest BCUT2D eigenvalue weighted by Crippen LogP contribution is -2.30. The van der Waals surface area contributed by atoms with Gasteiger partial charge in [-0.05, 0) is 37.5 Å². The maximum atomic E-state index is 12.6. The molecule has 180 valence electrons. The second-order valence-corrected chi connectivity index (χ2v) is 8.99. The maximum absolute atomic E-state index is 12.6. The largest absolute Gasteiger partial charge is 0.462 e. The average molecular weight is 491 g/mol. The van der Waals surface area contributed by atoms with E-state index >= 15 is 0 Å². The summed E-state index contributed by atoms with van der Waals surface area (Å²) in [6, 6.07) is 16.3. The number of hydrogen-bond donors (Lipinski definition) is 1. The lowest BCUT2D eigenvalue weighted by Gasteiger charge is -2.13. The first kappa shape index (κ1) is 24.3. The van der Waals surface area contributed by atoms with Crippen molar-refractivity contribution < 1.29 is 23.9 Å². The van der Waals surface area contributed by atoms with Gasteiger partial charge in [-0.2, -0.15) is 0 Å². The molecule has 1 N–H and O–H groups in total. The molecule has 3 amide bonds. The van der Waals surface area contributed by atoms with Crippen molar-refractivity contribution in [2.75, 3.05) is 18.5 Å². The molecule has 2 aromatic carbocycles. The van der Waals surface area contributed by atoms with Gasteiger partial charge in [0.1, 0.15) is 10.6 Å². The number of anilines is 1. The molecule has 0 saturated carbocycles. The van der Waals surface area contributed by atoms with E-state index in [2.05, 4.69) is 5.32 Å². The van der Waals surface area contributed by atoms with Gasteiger partial charge in [-0.15, -0.1) is 11.3 Å². The Labute approximate surface area is 207 Å². The number of hydrogen-bond acceptors (Lipinski definition) is 6. The molecule has 0 unspecified atom stereocenters. The van der Waals surface area contributed by atoms with Gasteiger partial charge in [0.25, 0.3) is 11.8 Å². The van der Waals surface area contributed by atoms with E-state index in [1.165, 1.54) is 16.2 Å². The van der Waals surface area contributed by atoms with Gasteiger partial charge in [0.2, 0.25) is 5.91 Å². The summed E-state index contributed by atoms with van der Waals surface area (Å²) in [6.45, 7) is 2.31. The Morgan fingerprint density at radius 2 is 1.54 bits per heavy atom. The molecule has 0 saturated heterocycles. The zero-order chi connectivity index (χ0) is 24.8. The Bertz CT molecular complexity index is 1220. The highest BCUT2D eigenvalue weighted by molar-refractivity contribution is 7.15. The summed E-state index contributed by atoms with van der Waals surface area (Å²) in [5.74, 6) is -1.19. The van der Waals surface area contributed by atoms with Crippen LogP contribution in [0.1, 0.15) is 63.7 Å². The summed E-state index contributed by atoms with van der Waals surface area (Å²) in [7, 11) is 0. The number of unbranched alkanes of at least 4 members (excludes halogenated alkanes) is 2. The van der Waals surface area contributed by atoms with E-state index in [9.17, 15) is 19.2 Å². The summed E-state index contributed by atoms with van der Waals surface area (Å²) in [4.78, 5) is 51.3. The van der Waals surface area contributed by atoms with Gasteiger partial charge >= 0.3 is 5.97 Å². The Kier molecular flexibility index (Phi) is 7.72. The average Bonchev–Trinajstić information content (AvgIpc) is 3.39. The molecule has 1 aliphatic rings. The lowest BCUT2D eigenvalue weighted by molar-refractivity contribution is -0.116. The van der Waals surface area contributed by atoms with Crippen LogP contribution in [0, 0.1) is 0 Å². The van der Waals surface area contributed by atoms with E-state index in [-0.39, 0.29) is 30.7 Å². The fraction of sp³-hybridized carbons (Fsp3) is 0.259. The molecule has 8 heteroatoms. The second kappa shape index (κ2) is 11.1. The topological polar surface area (TPSA) is 92.8 Å². The fourth-order valence-corrected chi connectivity index (χ4v) is 5.02. The van der Waals surface area contributed by atoms with Crippen LogP contribution in [0.4, 0.5) is 5.00 Å². The van der Waals surface area contributed by atoms with E-state index in [0.29, 0.717) is 47.5 Å². The Balaban J connectivity index is 1.30. The van der Waals surface area contributed by atoms with Gasteiger partial charge in [0, 0.05) is 23.9 Å². The number of amides is 3. The molecule has 0 spiro atoms. The number of nitrogens with one attached hydrogen (secondary N) is 1. The van der Waals surface area contributed by atoms with Gasteiger partial charge in [-0.3, -0.25) is 19.3 Å². The van der Waals surface area contributed by atoms with E-state index < -0.39 is 5.97 Å². The van der Waals surface area contributed by atoms with Crippen molar-refractivity contribution in [3.05, 3.63) is 76.7 Å². The van der Waals surface area contributed by atoms with Crippen LogP contribution in [-0.4, -0.2) is 41.7 Å². The minimum Gasteiger partial charge on any atom is -0.462 e. The number of nitrogens with zero attached hydrogens (tertiary/aromatic N) is 1. The molecule has 1 aromatic heterocycles. The number of rotatable bonds is 10. The maximum Gasteiger partial charge on any atom is 0.341 e. The number of esters is 1. The molecule has 0 atom stereocenters. The van der Waals surface area contributed by atoms with Crippen molar-refractivity contribution in [3.8, 4) is 11.1 Å². The van der Waals surface area contributed by atoms with Crippen LogP contribution < -0.4 is 5.32 Å². The summed E-state index contributed by atoms with van der Waals surface area (Å²) in [6.07, 6.45) is 2.17. The fourth-order valence-electron chi connectivity index (χ4n) is 4.05.